The van der Waals surface area contributed by atoms with Gasteiger partial charge in [-0.2, -0.15) is 0 Å². The van der Waals surface area contributed by atoms with Crippen LogP contribution >= 0.6 is 11.3 Å². The van der Waals surface area contributed by atoms with E-state index in [9.17, 15) is 0 Å². The SMILES string of the molecule is Cc1ccc2c(Oc3ccc(C=C4CNC4)cc3)c(-c3ccccc3C)sc2c1. The lowest BCUT2D eigenvalue weighted by molar-refractivity contribution is 0.491. The van der Waals surface area contributed by atoms with Crippen molar-refractivity contribution in [1.82, 2.24) is 5.32 Å². The van der Waals surface area contributed by atoms with E-state index in [0.29, 0.717) is 0 Å². The first-order chi connectivity index (χ1) is 14.2. The fraction of sp³-hybridized carbons (Fsp3) is 0.154. The molecule has 0 spiro atoms. The Hall–Kier alpha value is -2.88. The van der Waals surface area contributed by atoms with Gasteiger partial charge in [0.15, 0.2) is 5.75 Å². The minimum atomic E-state index is 0.869. The summed E-state index contributed by atoms with van der Waals surface area (Å²) in [5, 5.41) is 4.45. The Morgan fingerprint density at radius 2 is 1.72 bits per heavy atom. The van der Waals surface area contributed by atoms with Gasteiger partial charge in [-0.3, -0.25) is 0 Å². The Morgan fingerprint density at radius 1 is 0.931 bits per heavy atom. The molecule has 1 saturated heterocycles. The van der Waals surface area contributed by atoms with E-state index in [1.165, 1.54) is 42.8 Å². The van der Waals surface area contributed by atoms with E-state index < -0.39 is 0 Å². The van der Waals surface area contributed by atoms with Crippen molar-refractivity contribution in [3.63, 3.8) is 0 Å². The van der Waals surface area contributed by atoms with Crippen LogP contribution in [0.2, 0.25) is 0 Å². The van der Waals surface area contributed by atoms with Crippen LogP contribution in [0, 0.1) is 13.8 Å². The lowest BCUT2D eigenvalue weighted by Crippen LogP contribution is -2.33. The monoisotopic (exact) mass is 397 g/mol. The second-order valence-electron chi connectivity index (χ2n) is 7.65. The lowest BCUT2D eigenvalue weighted by Gasteiger charge is -2.18. The number of thiophene rings is 1. The van der Waals surface area contributed by atoms with Crippen molar-refractivity contribution in [3.05, 3.63) is 89.0 Å². The molecule has 0 radical (unpaired) electrons. The van der Waals surface area contributed by atoms with Gasteiger partial charge in [-0.05, 0) is 65.9 Å². The molecule has 144 valence electrons. The van der Waals surface area contributed by atoms with Crippen LogP contribution in [0.5, 0.6) is 11.5 Å². The topological polar surface area (TPSA) is 21.3 Å². The first-order valence-electron chi connectivity index (χ1n) is 9.94. The molecule has 29 heavy (non-hydrogen) atoms. The smallest absolute Gasteiger partial charge is 0.153 e. The Labute approximate surface area is 175 Å². The molecule has 0 saturated carbocycles. The molecule has 5 rings (SSSR count). The van der Waals surface area contributed by atoms with Crippen LogP contribution in [0.4, 0.5) is 0 Å². The maximum absolute atomic E-state index is 6.49. The summed E-state index contributed by atoms with van der Waals surface area (Å²) in [6, 6.07) is 23.5. The molecular weight excluding hydrogens is 374 g/mol. The van der Waals surface area contributed by atoms with Crippen LogP contribution in [0.25, 0.3) is 26.6 Å². The molecule has 3 heteroatoms. The van der Waals surface area contributed by atoms with Crippen molar-refractivity contribution in [1.29, 1.82) is 0 Å². The van der Waals surface area contributed by atoms with E-state index in [0.717, 1.165) is 24.6 Å². The first kappa shape index (κ1) is 18.2. The van der Waals surface area contributed by atoms with E-state index in [4.69, 9.17) is 4.74 Å². The van der Waals surface area contributed by atoms with Crippen molar-refractivity contribution in [3.8, 4) is 21.9 Å². The zero-order valence-corrected chi connectivity index (χ0v) is 17.5. The highest BCUT2D eigenvalue weighted by Crippen LogP contribution is 2.47. The predicted octanol–water partition coefficient (Wildman–Crippen LogP) is 6.96. The molecule has 0 bridgehead atoms. The van der Waals surface area contributed by atoms with Gasteiger partial charge in [0.1, 0.15) is 5.75 Å². The number of nitrogens with one attached hydrogen (secondary N) is 1. The highest BCUT2D eigenvalue weighted by Gasteiger charge is 2.17. The number of hydrogen-bond acceptors (Lipinski definition) is 3. The minimum absolute atomic E-state index is 0.869. The normalized spacial score (nSPS) is 13.4. The summed E-state index contributed by atoms with van der Waals surface area (Å²) in [5.74, 6) is 1.82. The maximum atomic E-state index is 6.49. The summed E-state index contributed by atoms with van der Waals surface area (Å²) in [6.45, 7) is 6.29. The quantitative estimate of drug-likeness (QED) is 0.402. The van der Waals surface area contributed by atoms with E-state index in [1.807, 2.05) is 0 Å². The first-order valence-corrected chi connectivity index (χ1v) is 10.8. The summed E-state index contributed by atoms with van der Waals surface area (Å²) in [5.41, 5.74) is 6.43. The number of ether oxygens (including phenoxy) is 1. The highest BCUT2D eigenvalue weighted by atomic mass is 32.1. The molecule has 0 aliphatic carbocycles. The molecule has 2 heterocycles. The molecule has 0 amide bonds. The van der Waals surface area contributed by atoms with Crippen molar-refractivity contribution in [2.45, 2.75) is 13.8 Å². The molecule has 4 aromatic rings. The zero-order chi connectivity index (χ0) is 19.8. The molecule has 2 nitrogen and oxygen atoms in total. The molecular formula is C26H23NOS. The van der Waals surface area contributed by atoms with Crippen LogP contribution in [0.3, 0.4) is 0 Å². The molecule has 0 atom stereocenters. The summed E-state index contributed by atoms with van der Waals surface area (Å²) < 4.78 is 7.75. The fourth-order valence-electron chi connectivity index (χ4n) is 3.64. The molecule has 1 N–H and O–H groups in total. The number of fused-ring (bicyclic) bond motifs is 1. The number of aryl methyl sites for hydroxylation is 2. The third-order valence-electron chi connectivity index (χ3n) is 5.36. The molecule has 0 unspecified atom stereocenters. The summed E-state index contributed by atoms with van der Waals surface area (Å²) in [6.07, 6.45) is 2.25. The summed E-state index contributed by atoms with van der Waals surface area (Å²) >= 11 is 1.81. The summed E-state index contributed by atoms with van der Waals surface area (Å²) in [4.78, 5) is 1.19. The van der Waals surface area contributed by atoms with E-state index >= 15 is 0 Å². The lowest BCUT2D eigenvalue weighted by atomic mass is 10.1. The van der Waals surface area contributed by atoms with Crippen molar-refractivity contribution in [2.75, 3.05) is 13.1 Å². The van der Waals surface area contributed by atoms with Crippen LogP contribution in [0.1, 0.15) is 16.7 Å². The fourth-order valence-corrected chi connectivity index (χ4v) is 4.96. The molecule has 1 aromatic heterocycles. The number of benzene rings is 3. The van der Waals surface area contributed by atoms with Crippen LogP contribution in [-0.4, -0.2) is 13.1 Å². The Bertz CT molecular complexity index is 1210. The van der Waals surface area contributed by atoms with Gasteiger partial charge in [0.2, 0.25) is 0 Å². The van der Waals surface area contributed by atoms with Crippen molar-refractivity contribution < 1.29 is 4.74 Å². The van der Waals surface area contributed by atoms with Crippen molar-refractivity contribution >= 4 is 27.5 Å². The van der Waals surface area contributed by atoms with Gasteiger partial charge in [-0.1, -0.05) is 48.5 Å². The summed E-state index contributed by atoms with van der Waals surface area (Å²) in [7, 11) is 0. The third kappa shape index (κ3) is 3.59. The average Bonchev–Trinajstić information content (AvgIpc) is 3.03. The highest BCUT2D eigenvalue weighted by molar-refractivity contribution is 7.22. The second kappa shape index (κ2) is 7.51. The standard InChI is InChI=1S/C26H23NOS/c1-17-7-12-23-24(13-17)29-26(22-6-4-3-5-18(22)2)25(23)28-21-10-8-19(9-11-21)14-20-15-27-16-20/h3-14,27H,15-16H2,1-2H3. The largest absolute Gasteiger partial charge is 0.455 e. The van der Waals surface area contributed by atoms with Gasteiger partial charge in [-0.15, -0.1) is 11.3 Å². The van der Waals surface area contributed by atoms with E-state index in [-0.39, 0.29) is 0 Å². The second-order valence-corrected chi connectivity index (χ2v) is 8.70. The Morgan fingerprint density at radius 3 is 2.45 bits per heavy atom. The van der Waals surface area contributed by atoms with Crippen LogP contribution in [0.15, 0.2) is 72.3 Å². The third-order valence-corrected chi connectivity index (χ3v) is 6.53. The van der Waals surface area contributed by atoms with Gasteiger partial charge < -0.3 is 10.1 Å². The van der Waals surface area contributed by atoms with Crippen LogP contribution in [-0.2, 0) is 0 Å². The minimum Gasteiger partial charge on any atom is -0.455 e. The van der Waals surface area contributed by atoms with Gasteiger partial charge >= 0.3 is 0 Å². The molecule has 1 fully saturated rings. The zero-order valence-electron chi connectivity index (χ0n) is 16.7. The van der Waals surface area contributed by atoms with E-state index in [2.05, 4.69) is 92.0 Å². The van der Waals surface area contributed by atoms with Crippen LogP contribution < -0.4 is 10.1 Å². The van der Waals surface area contributed by atoms with Gasteiger partial charge in [0, 0.05) is 23.2 Å². The predicted molar refractivity (Wildman–Crippen MR) is 124 cm³/mol. The Balaban J connectivity index is 1.56. The van der Waals surface area contributed by atoms with E-state index in [1.54, 1.807) is 11.3 Å². The van der Waals surface area contributed by atoms with Gasteiger partial charge in [0.25, 0.3) is 0 Å². The number of hydrogen-bond donors (Lipinski definition) is 1. The molecule has 3 aromatic carbocycles. The molecule has 1 aliphatic rings. The maximum Gasteiger partial charge on any atom is 0.153 e. The average molecular weight is 398 g/mol. The number of rotatable bonds is 4. The molecule has 1 aliphatic heterocycles. The Kier molecular flexibility index (Phi) is 4.70. The van der Waals surface area contributed by atoms with Crippen molar-refractivity contribution in [2.24, 2.45) is 0 Å². The van der Waals surface area contributed by atoms with Gasteiger partial charge in [-0.25, -0.2) is 0 Å². The van der Waals surface area contributed by atoms with Gasteiger partial charge in [0.05, 0.1) is 4.88 Å².